The largest absolute Gasteiger partial charge is 0.462 e. The molecule has 0 aliphatic carbocycles. The van der Waals surface area contributed by atoms with Crippen molar-refractivity contribution in [2.24, 2.45) is 0 Å². The summed E-state index contributed by atoms with van der Waals surface area (Å²) in [5.74, 6) is -0.848. The number of carbonyl (C=O) groups is 3. The minimum atomic E-state index is -0.774. The van der Waals surface area contributed by atoms with E-state index in [-0.39, 0.29) is 31.1 Å². The number of unbranched alkanes of at least 4 members (excludes halogenated alkanes) is 48. The fourth-order valence-electron chi connectivity index (χ4n) is 10.7. The maximum atomic E-state index is 13.0. The van der Waals surface area contributed by atoms with Crippen LogP contribution in [-0.4, -0.2) is 37.2 Å². The number of allylic oxidation sites excluding steroid dienone is 6. The van der Waals surface area contributed by atoms with Crippen LogP contribution in [-0.2, 0) is 28.6 Å². The van der Waals surface area contributed by atoms with Gasteiger partial charge < -0.3 is 14.2 Å². The molecule has 0 bridgehead atoms. The third-order valence-electron chi connectivity index (χ3n) is 15.9. The summed E-state index contributed by atoms with van der Waals surface area (Å²) in [4.78, 5) is 38.5. The normalized spacial score (nSPS) is 12.2. The first-order chi connectivity index (χ1) is 38.5. The Balaban J connectivity index is 4.29. The van der Waals surface area contributed by atoms with Crippen molar-refractivity contribution in [1.82, 2.24) is 0 Å². The predicted molar refractivity (Wildman–Crippen MR) is 339 cm³/mol. The molecule has 0 aromatic heterocycles. The molecule has 0 heterocycles. The summed E-state index contributed by atoms with van der Waals surface area (Å²) in [5.41, 5.74) is 0. The van der Waals surface area contributed by atoms with Gasteiger partial charge in [-0.1, -0.05) is 353 Å². The van der Waals surface area contributed by atoms with E-state index in [1.165, 1.54) is 263 Å². The maximum absolute atomic E-state index is 13.0. The summed E-state index contributed by atoms with van der Waals surface area (Å²) >= 11 is 0. The van der Waals surface area contributed by atoms with Gasteiger partial charge in [-0.25, -0.2) is 0 Å². The molecule has 0 aliphatic heterocycles. The van der Waals surface area contributed by atoms with Crippen molar-refractivity contribution >= 4 is 17.9 Å². The Morgan fingerprint density at radius 3 is 0.782 bits per heavy atom. The van der Waals surface area contributed by atoms with Crippen LogP contribution < -0.4 is 0 Å². The molecule has 1 unspecified atom stereocenters. The van der Waals surface area contributed by atoms with Crippen molar-refractivity contribution in [3.05, 3.63) is 36.5 Å². The minimum absolute atomic E-state index is 0.0692. The highest BCUT2D eigenvalue weighted by atomic mass is 16.6. The summed E-state index contributed by atoms with van der Waals surface area (Å²) in [7, 11) is 0. The summed E-state index contributed by atoms with van der Waals surface area (Å²) < 4.78 is 17.0. The van der Waals surface area contributed by atoms with Crippen LogP contribution in [0.1, 0.15) is 387 Å². The van der Waals surface area contributed by atoms with Crippen LogP contribution in [0.4, 0.5) is 0 Å². The lowest BCUT2D eigenvalue weighted by Crippen LogP contribution is -2.30. The number of hydrogen-bond donors (Lipinski definition) is 0. The Kier molecular flexibility index (Phi) is 65.1. The fraction of sp³-hybridized carbons (Fsp3) is 0.875. The smallest absolute Gasteiger partial charge is 0.306 e. The van der Waals surface area contributed by atoms with Gasteiger partial charge in [0.2, 0.25) is 0 Å². The van der Waals surface area contributed by atoms with Gasteiger partial charge in [0.1, 0.15) is 13.2 Å². The van der Waals surface area contributed by atoms with Crippen LogP contribution >= 0.6 is 0 Å². The van der Waals surface area contributed by atoms with Crippen LogP contribution in [0, 0.1) is 0 Å². The second-order valence-corrected chi connectivity index (χ2v) is 23.8. The summed E-state index contributed by atoms with van der Waals surface area (Å²) in [6.45, 7) is 6.61. The van der Waals surface area contributed by atoms with Gasteiger partial charge in [0.25, 0.3) is 0 Å². The standard InChI is InChI=1S/C72H134O6/c1-4-7-10-13-16-19-22-25-28-31-33-35-36-37-39-41-44-47-50-53-56-59-62-65-71(74)77-68-69(67-76-70(73)64-61-58-55-52-49-46-43-40-30-27-24-21-18-15-12-9-6-3)78-72(75)66-63-60-57-54-51-48-45-42-38-34-32-29-26-23-20-17-14-11-8-5-2/h9,12,18,21,27,30,69H,4-8,10-11,13-17,19-20,22-26,28-29,31-68H2,1-3H3/b12-9-,21-18-,30-27-. The Hall–Kier alpha value is -2.37. The zero-order valence-corrected chi connectivity index (χ0v) is 52.7. The highest BCUT2D eigenvalue weighted by molar-refractivity contribution is 5.71. The predicted octanol–water partition coefficient (Wildman–Crippen LogP) is 23.9. The molecule has 0 radical (unpaired) electrons. The van der Waals surface area contributed by atoms with Gasteiger partial charge in [-0.2, -0.15) is 0 Å². The van der Waals surface area contributed by atoms with Crippen LogP contribution in [0.15, 0.2) is 36.5 Å². The third-order valence-corrected chi connectivity index (χ3v) is 15.9. The zero-order chi connectivity index (χ0) is 56.4. The molecular formula is C72H134O6. The van der Waals surface area contributed by atoms with Gasteiger partial charge in [-0.3, -0.25) is 14.4 Å². The quantitative estimate of drug-likeness (QED) is 0.0261. The third kappa shape index (κ3) is 64.5. The van der Waals surface area contributed by atoms with E-state index in [2.05, 4.69) is 57.2 Å². The van der Waals surface area contributed by atoms with E-state index in [0.717, 1.165) is 83.5 Å². The van der Waals surface area contributed by atoms with Crippen molar-refractivity contribution in [3.63, 3.8) is 0 Å². The van der Waals surface area contributed by atoms with E-state index in [1.54, 1.807) is 0 Å². The van der Waals surface area contributed by atoms with Crippen molar-refractivity contribution in [2.45, 2.75) is 393 Å². The Morgan fingerprint density at radius 1 is 0.269 bits per heavy atom. The van der Waals surface area contributed by atoms with Crippen molar-refractivity contribution < 1.29 is 28.6 Å². The number of rotatable bonds is 65. The zero-order valence-electron chi connectivity index (χ0n) is 52.7. The highest BCUT2D eigenvalue weighted by Gasteiger charge is 2.19. The molecular weight excluding hydrogens is 961 g/mol. The fourth-order valence-corrected chi connectivity index (χ4v) is 10.7. The first kappa shape index (κ1) is 75.6. The topological polar surface area (TPSA) is 78.9 Å². The van der Waals surface area contributed by atoms with Gasteiger partial charge >= 0.3 is 17.9 Å². The van der Waals surface area contributed by atoms with Gasteiger partial charge in [0.15, 0.2) is 6.10 Å². The Morgan fingerprint density at radius 2 is 0.500 bits per heavy atom. The van der Waals surface area contributed by atoms with E-state index >= 15 is 0 Å². The van der Waals surface area contributed by atoms with Gasteiger partial charge in [-0.15, -0.1) is 0 Å². The summed E-state index contributed by atoms with van der Waals surface area (Å²) in [6.07, 6.45) is 83.1. The van der Waals surface area contributed by atoms with Crippen molar-refractivity contribution in [1.29, 1.82) is 0 Å². The minimum Gasteiger partial charge on any atom is -0.462 e. The molecule has 0 saturated heterocycles. The highest BCUT2D eigenvalue weighted by Crippen LogP contribution is 2.19. The second kappa shape index (κ2) is 67.1. The Bertz CT molecular complexity index is 1300. The van der Waals surface area contributed by atoms with E-state index < -0.39 is 6.10 Å². The van der Waals surface area contributed by atoms with Crippen LogP contribution in [0.3, 0.4) is 0 Å². The number of ether oxygens (including phenoxy) is 3. The molecule has 458 valence electrons. The van der Waals surface area contributed by atoms with E-state index in [4.69, 9.17) is 14.2 Å². The first-order valence-corrected chi connectivity index (χ1v) is 35.0. The molecule has 0 saturated carbocycles. The molecule has 0 aromatic carbocycles. The Labute approximate surface area is 486 Å². The summed E-state index contributed by atoms with van der Waals surface area (Å²) in [5, 5.41) is 0. The van der Waals surface area contributed by atoms with Crippen LogP contribution in [0.5, 0.6) is 0 Å². The van der Waals surface area contributed by atoms with E-state index in [0.29, 0.717) is 19.3 Å². The van der Waals surface area contributed by atoms with Gasteiger partial charge in [0, 0.05) is 19.3 Å². The molecule has 6 nitrogen and oxygen atoms in total. The molecule has 1 atom stereocenters. The number of esters is 3. The van der Waals surface area contributed by atoms with Crippen molar-refractivity contribution in [3.8, 4) is 0 Å². The molecule has 78 heavy (non-hydrogen) atoms. The number of carbonyl (C=O) groups excluding carboxylic acids is 3. The first-order valence-electron chi connectivity index (χ1n) is 35.0. The summed E-state index contributed by atoms with van der Waals surface area (Å²) in [6, 6.07) is 0. The SMILES string of the molecule is CC/C=C\C/C=C\C/C=C\CCCCCCCCCC(=O)OCC(COC(=O)CCCCCCCCCCCCCCCCCCCCCCCCC)OC(=O)CCCCCCCCCCCCCCCCCCCCCC. The molecule has 0 spiro atoms. The second-order valence-electron chi connectivity index (χ2n) is 23.8. The monoisotopic (exact) mass is 1100 g/mol. The molecule has 0 N–H and O–H groups in total. The molecule has 0 aliphatic rings. The molecule has 0 fully saturated rings. The molecule has 0 rings (SSSR count). The van der Waals surface area contributed by atoms with Crippen molar-refractivity contribution in [2.75, 3.05) is 13.2 Å². The van der Waals surface area contributed by atoms with E-state index in [1.807, 2.05) is 0 Å². The molecule has 6 heteroatoms. The molecule has 0 amide bonds. The average Bonchev–Trinajstić information content (AvgIpc) is 3.44. The lowest BCUT2D eigenvalue weighted by molar-refractivity contribution is -0.167. The lowest BCUT2D eigenvalue weighted by atomic mass is 10.0. The van der Waals surface area contributed by atoms with Gasteiger partial charge in [-0.05, 0) is 51.4 Å². The van der Waals surface area contributed by atoms with Gasteiger partial charge in [0.05, 0.1) is 0 Å². The molecule has 0 aromatic rings. The lowest BCUT2D eigenvalue weighted by Gasteiger charge is -2.18. The van der Waals surface area contributed by atoms with E-state index in [9.17, 15) is 14.4 Å². The van der Waals surface area contributed by atoms with Crippen LogP contribution in [0.25, 0.3) is 0 Å². The van der Waals surface area contributed by atoms with Crippen LogP contribution in [0.2, 0.25) is 0 Å². The maximum Gasteiger partial charge on any atom is 0.306 e. The number of hydrogen-bond acceptors (Lipinski definition) is 6. The average molecular weight is 1100 g/mol.